The number of carbonyl (C=O) groups is 1. The molecule has 1 rings (SSSR count). The van der Waals surface area contributed by atoms with Crippen LogP contribution in [0.3, 0.4) is 0 Å². The summed E-state index contributed by atoms with van der Waals surface area (Å²) in [5.41, 5.74) is 6.07. The van der Waals surface area contributed by atoms with Gasteiger partial charge in [0.05, 0.1) is 19.1 Å². The molecule has 18 heavy (non-hydrogen) atoms. The molecule has 0 bridgehead atoms. The van der Waals surface area contributed by atoms with E-state index in [0.29, 0.717) is 13.0 Å². The number of amides is 1. The van der Waals surface area contributed by atoms with Gasteiger partial charge in [0.2, 0.25) is 5.91 Å². The number of nitrogens with two attached hydrogens (primary N) is 1. The van der Waals surface area contributed by atoms with Crippen LogP contribution in [0.1, 0.15) is 40.5 Å². The zero-order valence-corrected chi connectivity index (χ0v) is 12.8. The van der Waals surface area contributed by atoms with Crippen molar-refractivity contribution in [3.63, 3.8) is 0 Å². The van der Waals surface area contributed by atoms with E-state index in [4.69, 9.17) is 10.5 Å². The highest BCUT2D eigenvalue weighted by atomic mass is 35.5. The molecule has 0 radical (unpaired) electrons. The van der Waals surface area contributed by atoms with Crippen molar-refractivity contribution in [1.82, 2.24) is 4.90 Å². The number of hydrogen-bond acceptors (Lipinski definition) is 3. The Morgan fingerprint density at radius 3 is 2.61 bits per heavy atom. The van der Waals surface area contributed by atoms with Crippen LogP contribution in [0.15, 0.2) is 0 Å². The molecule has 108 valence electrons. The lowest BCUT2D eigenvalue weighted by Gasteiger charge is -2.42. The van der Waals surface area contributed by atoms with Crippen molar-refractivity contribution >= 4 is 18.3 Å². The number of rotatable bonds is 4. The molecule has 0 aromatic rings. The van der Waals surface area contributed by atoms with Gasteiger partial charge in [-0.15, -0.1) is 12.4 Å². The molecule has 1 heterocycles. The van der Waals surface area contributed by atoms with E-state index in [9.17, 15) is 4.79 Å². The number of nitrogens with zero attached hydrogens (tertiary/aromatic N) is 1. The summed E-state index contributed by atoms with van der Waals surface area (Å²) in [6, 6.07) is 0.193. The summed E-state index contributed by atoms with van der Waals surface area (Å²) in [6.07, 6.45) is 1.56. The summed E-state index contributed by atoms with van der Waals surface area (Å²) in [7, 11) is 0. The van der Waals surface area contributed by atoms with Gasteiger partial charge in [0.1, 0.15) is 0 Å². The second-order valence-electron chi connectivity index (χ2n) is 5.87. The summed E-state index contributed by atoms with van der Waals surface area (Å²) >= 11 is 0. The van der Waals surface area contributed by atoms with E-state index in [1.165, 1.54) is 0 Å². The predicted molar refractivity (Wildman–Crippen MR) is 75.9 cm³/mol. The third-order valence-corrected chi connectivity index (χ3v) is 3.43. The van der Waals surface area contributed by atoms with Crippen molar-refractivity contribution in [2.75, 3.05) is 19.7 Å². The van der Waals surface area contributed by atoms with Crippen LogP contribution in [0, 0.1) is 5.41 Å². The molecule has 5 heteroatoms. The number of halogens is 1. The van der Waals surface area contributed by atoms with Crippen LogP contribution < -0.4 is 5.73 Å². The van der Waals surface area contributed by atoms with E-state index in [2.05, 4.69) is 13.8 Å². The number of hydrogen-bond donors (Lipinski definition) is 1. The normalized spacial score (nSPS) is 22.8. The molecule has 1 unspecified atom stereocenters. The number of likely N-dealkylation sites (tertiary alicyclic amines) is 1. The van der Waals surface area contributed by atoms with Gasteiger partial charge >= 0.3 is 0 Å². The minimum Gasteiger partial charge on any atom is -0.378 e. The Labute approximate surface area is 117 Å². The van der Waals surface area contributed by atoms with Crippen LogP contribution in [0.4, 0.5) is 0 Å². The van der Waals surface area contributed by atoms with Crippen LogP contribution >= 0.6 is 12.4 Å². The van der Waals surface area contributed by atoms with E-state index >= 15 is 0 Å². The van der Waals surface area contributed by atoms with E-state index in [1.807, 2.05) is 18.7 Å². The van der Waals surface area contributed by atoms with Crippen molar-refractivity contribution in [3.8, 4) is 0 Å². The first kappa shape index (κ1) is 17.7. The lowest BCUT2D eigenvalue weighted by atomic mass is 9.79. The summed E-state index contributed by atoms with van der Waals surface area (Å²) in [4.78, 5) is 13.9. The van der Waals surface area contributed by atoms with Crippen molar-refractivity contribution in [1.29, 1.82) is 0 Å². The molecule has 0 saturated carbocycles. The Balaban J connectivity index is 0.00000289. The maximum atomic E-state index is 12.0. The van der Waals surface area contributed by atoms with Gasteiger partial charge in [-0.1, -0.05) is 13.8 Å². The Kier molecular flexibility index (Phi) is 7.18. The molecular weight excluding hydrogens is 252 g/mol. The van der Waals surface area contributed by atoms with Crippen LogP contribution in [0.25, 0.3) is 0 Å². The zero-order valence-electron chi connectivity index (χ0n) is 11.9. The quantitative estimate of drug-likeness (QED) is 0.853. The highest BCUT2D eigenvalue weighted by Crippen LogP contribution is 2.27. The monoisotopic (exact) mass is 278 g/mol. The van der Waals surface area contributed by atoms with Gasteiger partial charge in [-0.05, 0) is 25.7 Å². The fraction of sp³-hybridized carbons (Fsp3) is 0.923. The molecule has 0 aromatic heterocycles. The SMILES string of the molecule is CC(C)OCCC(=O)N1CCC(N)C(C)(C)C1.Cl. The molecule has 1 aliphatic rings. The minimum atomic E-state index is 0. The average Bonchev–Trinajstić information content (AvgIpc) is 2.21. The van der Waals surface area contributed by atoms with Gasteiger partial charge in [-0.3, -0.25) is 4.79 Å². The van der Waals surface area contributed by atoms with E-state index < -0.39 is 0 Å². The molecule has 0 aliphatic carbocycles. The third-order valence-electron chi connectivity index (χ3n) is 3.43. The number of ether oxygens (including phenoxy) is 1. The predicted octanol–water partition coefficient (Wildman–Crippen LogP) is 1.81. The van der Waals surface area contributed by atoms with Crippen molar-refractivity contribution in [3.05, 3.63) is 0 Å². The number of piperidine rings is 1. The first-order valence-corrected chi connectivity index (χ1v) is 6.48. The smallest absolute Gasteiger partial charge is 0.224 e. The molecule has 4 nitrogen and oxygen atoms in total. The lowest BCUT2D eigenvalue weighted by molar-refractivity contribution is -0.136. The highest BCUT2D eigenvalue weighted by Gasteiger charge is 2.34. The molecule has 1 fully saturated rings. The van der Waals surface area contributed by atoms with Gasteiger partial charge in [0.15, 0.2) is 0 Å². The molecular formula is C13H27ClN2O2. The third kappa shape index (κ3) is 5.12. The van der Waals surface area contributed by atoms with Crippen LogP contribution in [-0.2, 0) is 9.53 Å². The van der Waals surface area contributed by atoms with Gasteiger partial charge < -0.3 is 15.4 Å². The molecule has 2 N–H and O–H groups in total. The largest absolute Gasteiger partial charge is 0.378 e. The van der Waals surface area contributed by atoms with Gasteiger partial charge in [-0.25, -0.2) is 0 Å². The number of carbonyl (C=O) groups excluding carboxylic acids is 1. The summed E-state index contributed by atoms with van der Waals surface area (Å²) in [5.74, 6) is 0.186. The van der Waals surface area contributed by atoms with E-state index in [0.717, 1.165) is 19.5 Å². The summed E-state index contributed by atoms with van der Waals surface area (Å²) < 4.78 is 5.40. The van der Waals surface area contributed by atoms with Crippen LogP contribution in [0.2, 0.25) is 0 Å². The van der Waals surface area contributed by atoms with E-state index in [-0.39, 0.29) is 35.9 Å². The minimum absolute atomic E-state index is 0. The fourth-order valence-corrected chi connectivity index (χ4v) is 2.13. The average molecular weight is 279 g/mol. The van der Waals surface area contributed by atoms with Crippen LogP contribution in [0.5, 0.6) is 0 Å². The highest BCUT2D eigenvalue weighted by molar-refractivity contribution is 5.85. The second kappa shape index (κ2) is 7.31. The van der Waals surface area contributed by atoms with Gasteiger partial charge in [-0.2, -0.15) is 0 Å². The summed E-state index contributed by atoms with van der Waals surface area (Å²) in [5, 5.41) is 0. The molecule has 1 saturated heterocycles. The molecule has 0 aromatic carbocycles. The Morgan fingerprint density at radius 2 is 2.11 bits per heavy atom. The molecule has 1 amide bonds. The van der Waals surface area contributed by atoms with Gasteiger partial charge in [0.25, 0.3) is 0 Å². The van der Waals surface area contributed by atoms with Crippen LogP contribution in [-0.4, -0.2) is 42.6 Å². The maximum Gasteiger partial charge on any atom is 0.224 e. The van der Waals surface area contributed by atoms with E-state index in [1.54, 1.807) is 0 Å². The maximum absolute atomic E-state index is 12.0. The molecule has 1 atom stereocenters. The zero-order chi connectivity index (χ0) is 13.1. The standard InChI is InChI=1S/C13H26N2O2.ClH/c1-10(2)17-8-6-12(16)15-7-5-11(14)13(3,4)9-15;/h10-11H,5-9,14H2,1-4H3;1H. The first-order chi connectivity index (χ1) is 7.83. The first-order valence-electron chi connectivity index (χ1n) is 6.48. The van der Waals surface area contributed by atoms with Crippen molar-refractivity contribution < 1.29 is 9.53 Å². The summed E-state index contributed by atoms with van der Waals surface area (Å²) in [6.45, 7) is 10.3. The van der Waals surface area contributed by atoms with Crippen molar-refractivity contribution in [2.45, 2.75) is 52.7 Å². The fourth-order valence-electron chi connectivity index (χ4n) is 2.13. The Morgan fingerprint density at radius 1 is 1.50 bits per heavy atom. The molecule has 0 spiro atoms. The lowest BCUT2D eigenvalue weighted by Crippen LogP contribution is -2.54. The molecule has 1 aliphatic heterocycles. The Hall–Kier alpha value is -0.320. The van der Waals surface area contributed by atoms with Gasteiger partial charge in [0, 0.05) is 19.1 Å². The topological polar surface area (TPSA) is 55.6 Å². The second-order valence-corrected chi connectivity index (χ2v) is 5.87. The Bertz CT molecular complexity index is 270. The van der Waals surface area contributed by atoms with Crippen molar-refractivity contribution in [2.24, 2.45) is 11.1 Å².